The number of rotatable bonds is 1. The van der Waals surface area contributed by atoms with Gasteiger partial charge in [-0.15, -0.1) is 0 Å². The fourth-order valence-electron chi connectivity index (χ4n) is 2.50. The van der Waals surface area contributed by atoms with E-state index in [1.54, 1.807) is 0 Å². The first-order valence-corrected chi connectivity index (χ1v) is 6.67. The van der Waals surface area contributed by atoms with Crippen LogP contribution < -0.4 is 10.6 Å². The highest BCUT2D eigenvalue weighted by molar-refractivity contribution is 9.10. The molecule has 1 aliphatic rings. The Hall–Kier alpha value is -1.07. The van der Waals surface area contributed by atoms with Crippen molar-refractivity contribution >= 4 is 32.7 Å². The van der Waals surface area contributed by atoms with Crippen LogP contribution in [0.2, 0.25) is 0 Å². The fraction of sp³-hybridized carbons (Fsp3) is 0.417. The van der Waals surface area contributed by atoms with Crippen LogP contribution >= 0.6 is 15.9 Å². The number of aromatic amines is 1. The summed E-state index contributed by atoms with van der Waals surface area (Å²) in [5, 5.41) is 1.16. The molecule has 2 aromatic heterocycles. The molecule has 1 saturated heterocycles. The summed E-state index contributed by atoms with van der Waals surface area (Å²) >= 11 is 3.60. The first kappa shape index (κ1) is 11.0. The summed E-state index contributed by atoms with van der Waals surface area (Å²) in [4.78, 5) is 9.86. The van der Waals surface area contributed by atoms with Crippen molar-refractivity contribution in [1.82, 2.24) is 9.97 Å². The van der Waals surface area contributed by atoms with E-state index in [1.807, 2.05) is 12.4 Å². The van der Waals surface area contributed by atoms with Gasteiger partial charge in [0.2, 0.25) is 0 Å². The predicted octanol–water partition coefficient (Wildman–Crippen LogP) is 2.25. The van der Waals surface area contributed by atoms with Gasteiger partial charge < -0.3 is 15.6 Å². The Kier molecular flexibility index (Phi) is 2.80. The van der Waals surface area contributed by atoms with Crippen molar-refractivity contribution in [3.63, 3.8) is 0 Å². The molecule has 2 aromatic rings. The highest BCUT2D eigenvalue weighted by Crippen LogP contribution is 2.34. The summed E-state index contributed by atoms with van der Waals surface area (Å²) < 4.78 is 1.04. The summed E-state index contributed by atoms with van der Waals surface area (Å²) in [6, 6.07) is 2.35. The van der Waals surface area contributed by atoms with Crippen molar-refractivity contribution in [3.05, 3.63) is 22.9 Å². The summed E-state index contributed by atoms with van der Waals surface area (Å²) in [6.07, 6.45) is 6.06. The predicted molar refractivity (Wildman–Crippen MR) is 73.2 cm³/mol. The van der Waals surface area contributed by atoms with Crippen molar-refractivity contribution in [1.29, 1.82) is 0 Å². The molecule has 5 heteroatoms. The van der Waals surface area contributed by atoms with Gasteiger partial charge >= 0.3 is 0 Å². The minimum Gasteiger partial charge on any atom is -0.368 e. The number of hydrogen-bond donors (Lipinski definition) is 2. The fourth-order valence-corrected chi connectivity index (χ4v) is 3.07. The van der Waals surface area contributed by atoms with Crippen LogP contribution in [0.5, 0.6) is 0 Å². The summed E-state index contributed by atoms with van der Waals surface area (Å²) in [5.41, 5.74) is 8.20. The number of aromatic nitrogens is 2. The number of anilines is 1. The molecule has 1 aliphatic heterocycles. The first-order valence-electron chi connectivity index (χ1n) is 5.88. The third kappa shape index (κ3) is 1.93. The van der Waals surface area contributed by atoms with Crippen molar-refractivity contribution in [2.24, 2.45) is 5.73 Å². The van der Waals surface area contributed by atoms with E-state index in [0.29, 0.717) is 0 Å². The Morgan fingerprint density at radius 2 is 2.41 bits per heavy atom. The molecule has 0 spiro atoms. The number of halogens is 1. The molecule has 0 saturated carbocycles. The van der Waals surface area contributed by atoms with Crippen LogP contribution in [-0.2, 0) is 0 Å². The van der Waals surface area contributed by atoms with Crippen LogP contribution in [0.1, 0.15) is 12.8 Å². The van der Waals surface area contributed by atoms with Crippen molar-refractivity contribution in [3.8, 4) is 0 Å². The van der Waals surface area contributed by atoms with Gasteiger partial charge in [-0.1, -0.05) is 0 Å². The molecule has 1 atom stereocenters. The quantitative estimate of drug-likeness (QED) is 0.848. The highest BCUT2D eigenvalue weighted by atomic mass is 79.9. The van der Waals surface area contributed by atoms with Gasteiger partial charge in [-0.2, -0.15) is 0 Å². The van der Waals surface area contributed by atoms with Crippen molar-refractivity contribution in [2.45, 2.75) is 18.9 Å². The van der Waals surface area contributed by atoms with Crippen molar-refractivity contribution < 1.29 is 0 Å². The maximum Gasteiger partial charge on any atom is 0.139 e. The molecule has 0 radical (unpaired) electrons. The summed E-state index contributed by atoms with van der Waals surface area (Å²) in [5.74, 6) is 0. The number of nitrogens with two attached hydrogens (primary N) is 1. The van der Waals surface area contributed by atoms with Gasteiger partial charge in [-0.05, 0) is 34.8 Å². The Morgan fingerprint density at radius 3 is 3.24 bits per heavy atom. The van der Waals surface area contributed by atoms with Gasteiger partial charge in [0.15, 0.2) is 0 Å². The largest absolute Gasteiger partial charge is 0.368 e. The minimum atomic E-state index is 0.276. The monoisotopic (exact) mass is 294 g/mol. The lowest BCUT2D eigenvalue weighted by atomic mass is 10.1. The van der Waals surface area contributed by atoms with E-state index in [1.165, 1.54) is 5.69 Å². The normalized spacial score (nSPS) is 21.1. The van der Waals surface area contributed by atoms with E-state index < -0.39 is 0 Å². The SMILES string of the molecule is NC1CCCN(c2c(Br)cnc3[nH]ccc23)C1. The molecule has 0 bridgehead atoms. The highest BCUT2D eigenvalue weighted by Gasteiger charge is 2.21. The molecule has 0 amide bonds. The van der Waals surface area contributed by atoms with Crippen LogP contribution in [0.15, 0.2) is 22.9 Å². The molecule has 4 nitrogen and oxygen atoms in total. The average molecular weight is 295 g/mol. The average Bonchev–Trinajstić information content (AvgIpc) is 2.76. The van der Waals surface area contributed by atoms with E-state index in [-0.39, 0.29) is 6.04 Å². The molecule has 17 heavy (non-hydrogen) atoms. The summed E-state index contributed by atoms with van der Waals surface area (Å²) in [7, 11) is 0. The van der Waals surface area contributed by atoms with Gasteiger partial charge in [0.1, 0.15) is 5.65 Å². The molecule has 3 N–H and O–H groups in total. The van der Waals surface area contributed by atoms with Crippen LogP contribution in [0.25, 0.3) is 11.0 Å². The lowest BCUT2D eigenvalue weighted by Crippen LogP contribution is -2.43. The topological polar surface area (TPSA) is 57.9 Å². The van der Waals surface area contributed by atoms with Crippen LogP contribution in [0.3, 0.4) is 0 Å². The van der Waals surface area contributed by atoms with Gasteiger partial charge in [-0.3, -0.25) is 0 Å². The molecule has 1 unspecified atom stereocenters. The Morgan fingerprint density at radius 1 is 1.53 bits per heavy atom. The van der Waals surface area contributed by atoms with Gasteiger partial charge in [0.25, 0.3) is 0 Å². The standard InChI is InChI=1S/C12H15BrN4/c13-10-6-16-12-9(3-4-15-12)11(10)17-5-1-2-8(14)7-17/h3-4,6,8H,1-2,5,7,14H2,(H,15,16). The van der Waals surface area contributed by atoms with Crippen LogP contribution in [0, 0.1) is 0 Å². The van der Waals surface area contributed by atoms with E-state index in [2.05, 4.69) is 36.9 Å². The Labute approximate surface area is 108 Å². The molecule has 1 fully saturated rings. The lowest BCUT2D eigenvalue weighted by molar-refractivity contribution is 0.506. The summed E-state index contributed by atoms with van der Waals surface area (Å²) in [6.45, 7) is 1.99. The molecule has 90 valence electrons. The number of nitrogens with one attached hydrogen (secondary N) is 1. The second kappa shape index (κ2) is 4.31. The number of fused-ring (bicyclic) bond motifs is 1. The number of H-pyrrole nitrogens is 1. The molecule has 0 aromatic carbocycles. The van der Waals surface area contributed by atoms with E-state index in [4.69, 9.17) is 5.73 Å². The molecular weight excluding hydrogens is 280 g/mol. The van der Waals surface area contributed by atoms with E-state index in [0.717, 1.165) is 41.4 Å². The van der Waals surface area contributed by atoms with Gasteiger partial charge in [0, 0.05) is 36.9 Å². The zero-order valence-corrected chi connectivity index (χ0v) is 11.1. The minimum absolute atomic E-state index is 0.276. The Bertz CT molecular complexity index is 536. The number of piperidine rings is 1. The van der Waals surface area contributed by atoms with Gasteiger partial charge in [-0.25, -0.2) is 4.98 Å². The zero-order chi connectivity index (χ0) is 11.8. The lowest BCUT2D eigenvalue weighted by Gasteiger charge is -2.33. The zero-order valence-electron chi connectivity index (χ0n) is 9.49. The van der Waals surface area contributed by atoms with Crippen LogP contribution in [0.4, 0.5) is 5.69 Å². The number of hydrogen-bond acceptors (Lipinski definition) is 3. The second-order valence-electron chi connectivity index (χ2n) is 4.54. The molecular formula is C12H15BrN4. The number of nitrogens with zero attached hydrogens (tertiary/aromatic N) is 2. The third-order valence-electron chi connectivity index (χ3n) is 3.29. The third-order valence-corrected chi connectivity index (χ3v) is 3.87. The number of pyridine rings is 1. The molecule has 3 heterocycles. The molecule has 0 aliphatic carbocycles. The van der Waals surface area contributed by atoms with Crippen molar-refractivity contribution in [2.75, 3.05) is 18.0 Å². The molecule has 3 rings (SSSR count). The first-order chi connectivity index (χ1) is 8.25. The second-order valence-corrected chi connectivity index (χ2v) is 5.40. The van der Waals surface area contributed by atoms with E-state index >= 15 is 0 Å². The Balaban J connectivity index is 2.08. The van der Waals surface area contributed by atoms with E-state index in [9.17, 15) is 0 Å². The van der Waals surface area contributed by atoms with Gasteiger partial charge in [0.05, 0.1) is 10.2 Å². The van der Waals surface area contributed by atoms with Crippen LogP contribution in [-0.4, -0.2) is 29.1 Å². The maximum atomic E-state index is 6.05. The maximum absolute atomic E-state index is 6.05. The smallest absolute Gasteiger partial charge is 0.139 e.